The molecule has 0 saturated heterocycles. The number of carbonyl (C=O) groups excluding carboxylic acids is 1. The normalized spacial score (nSPS) is 18.6. The fraction of sp³-hybridized carbons (Fsp3) is 0.421. The molecule has 0 unspecified atom stereocenters. The summed E-state index contributed by atoms with van der Waals surface area (Å²) in [6.07, 6.45) is 5.06. The van der Waals surface area contributed by atoms with Crippen LogP contribution in [0.4, 0.5) is 27.9 Å². The van der Waals surface area contributed by atoms with Crippen molar-refractivity contribution in [1.29, 1.82) is 0 Å². The van der Waals surface area contributed by atoms with E-state index in [0.29, 0.717) is 5.95 Å². The Morgan fingerprint density at radius 3 is 2.52 bits per heavy atom. The highest BCUT2D eigenvalue weighted by Gasteiger charge is 2.24. The number of para-hydroxylation sites is 2. The lowest BCUT2D eigenvalue weighted by Crippen LogP contribution is -2.42. The fourth-order valence-corrected chi connectivity index (χ4v) is 3.31. The number of aromatic nitrogens is 2. The third kappa shape index (κ3) is 5.53. The monoisotopic (exact) mass is 399 g/mol. The molecule has 29 heavy (non-hydrogen) atoms. The van der Waals surface area contributed by atoms with Crippen LogP contribution >= 0.6 is 0 Å². The predicted molar refractivity (Wildman–Crippen MR) is 111 cm³/mol. The van der Waals surface area contributed by atoms with Gasteiger partial charge in [-0.1, -0.05) is 12.1 Å². The number of carbonyl (C=O) groups is 1. The molecule has 0 bridgehead atoms. The van der Waals surface area contributed by atoms with Crippen LogP contribution in [0.25, 0.3) is 0 Å². The van der Waals surface area contributed by atoms with Gasteiger partial charge < -0.3 is 20.9 Å². The molecule has 2 amide bonds. The highest BCUT2D eigenvalue weighted by atomic mass is 16.6. The smallest absolute Gasteiger partial charge is 0.319 e. The van der Waals surface area contributed by atoms with Crippen molar-refractivity contribution in [2.75, 3.05) is 29.6 Å². The first-order chi connectivity index (χ1) is 13.9. The van der Waals surface area contributed by atoms with Crippen LogP contribution < -0.4 is 20.9 Å². The Morgan fingerprint density at radius 2 is 1.83 bits per heavy atom. The van der Waals surface area contributed by atoms with Crippen LogP contribution in [-0.4, -0.2) is 47.1 Å². The van der Waals surface area contributed by atoms with Crippen LogP contribution in [0.1, 0.15) is 25.7 Å². The number of urea groups is 1. The summed E-state index contributed by atoms with van der Waals surface area (Å²) in [5, 5.41) is 19.9. The van der Waals surface area contributed by atoms with Crippen LogP contribution in [0.5, 0.6) is 0 Å². The lowest BCUT2D eigenvalue weighted by atomic mass is 9.91. The number of hydrogen-bond acceptors (Lipinski definition) is 7. The Bertz CT molecular complexity index is 866. The standard InChI is InChI=1S/C19H25N7O3/c1-25(2)17-11-12-20-18(24-17)21-13-7-9-14(10-8-13)22-19(27)23-15-5-3-4-6-16(15)26(28)29/h3-6,11-14H,7-10H2,1-2H3,(H,20,21,24)(H2,22,23,27)/t13-,14+. The zero-order valence-electron chi connectivity index (χ0n) is 16.5. The minimum absolute atomic E-state index is 0.0184. The molecule has 2 aromatic rings. The second kappa shape index (κ2) is 9.18. The molecule has 1 saturated carbocycles. The number of amides is 2. The van der Waals surface area contributed by atoms with Gasteiger partial charge in [-0.25, -0.2) is 9.78 Å². The molecule has 3 rings (SSSR count). The van der Waals surface area contributed by atoms with E-state index in [0.717, 1.165) is 31.5 Å². The molecule has 1 aromatic heterocycles. The van der Waals surface area contributed by atoms with E-state index in [2.05, 4.69) is 25.9 Å². The zero-order chi connectivity index (χ0) is 20.8. The molecular formula is C19H25N7O3. The second-order valence-corrected chi connectivity index (χ2v) is 7.20. The third-order valence-corrected chi connectivity index (χ3v) is 4.84. The number of anilines is 3. The van der Waals surface area contributed by atoms with Crippen LogP contribution in [0, 0.1) is 10.1 Å². The molecule has 1 aromatic carbocycles. The molecule has 0 atom stereocenters. The van der Waals surface area contributed by atoms with Crippen molar-refractivity contribution >= 4 is 29.2 Å². The van der Waals surface area contributed by atoms with Gasteiger partial charge >= 0.3 is 6.03 Å². The third-order valence-electron chi connectivity index (χ3n) is 4.84. The van der Waals surface area contributed by atoms with Gasteiger partial charge in [0, 0.05) is 38.4 Å². The number of nitrogens with one attached hydrogen (secondary N) is 3. The highest BCUT2D eigenvalue weighted by molar-refractivity contribution is 5.91. The van der Waals surface area contributed by atoms with E-state index in [1.807, 2.05) is 25.1 Å². The summed E-state index contributed by atoms with van der Waals surface area (Å²) >= 11 is 0. The van der Waals surface area contributed by atoms with Gasteiger partial charge in [-0.2, -0.15) is 4.98 Å². The Kier molecular flexibility index (Phi) is 6.43. The largest absolute Gasteiger partial charge is 0.363 e. The summed E-state index contributed by atoms with van der Waals surface area (Å²) in [6.45, 7) is 0. The lowest BCUT2D eigenvalue weighted by Gasteiger charge is -2.29. The summed E-state index contributed by atoms with van der Waals surface area (Å²) in [4.78, 5) is 33.4. The summed E-state index contributed by atoms with van der Waals surface area (Å²) in [7, 11) is 3.86. The molecule has 154 valence electrons. The molecule has 1 fully saturated rings. The number of benzene rings is 1. The lowest BCUT2D eigenvalue weighted by molar-refractivity contribution is -0.383. The van der Waals surface area contributed by atoms with Gasteiger partial charge in [0.25, 0.3) is 5.69 Å². The molecule has 0 aliphatic heterocycles. The zero-order valence-corrected chi connectivity index (χ0v) is 16.5. The molecule has 0 spiro atoms. The van der Waals surface area contributed by atoms with E-state index in [-0.39, 0.29) is 23.5 Å². The minimum Gasteiger partial charge on any atom is -0.363 e. The van der Waals surface area contributed by atoms with Crippen molar-refractivity contribution in [3.05, 3.63) is 46.6 Å². The second-order valence-electron chi connectivity index (χ2n) is 7.20. The minimum atomic E-state index is -0.514. The van der Waals surface area contributed by atoms with Gasteiger partial charge in [0.15, 0.2) is 0 Å². The maximum Gasteiger partial charge on any atom is 0.319 e. The van der Waals surface area contributed by atoms with Gasteiger partial charge in [0.05, 0.1) is 4.92 Å². The first-order valence-corrected chi connectivity index (χ1v) is 9.50. The topological polar surface area (TPSA) is 125 Å². The van der Waals surface area contributed by atoms with E-state index >= 15 is 0 Å². The van der Waals surface area contributed by atoms with Gasteiger partial charge in [0.1, 0.15) is 11.5 Å². The van der Waals surface area contributed by atoms with E-state index in [4.69, 9.17) is 0 Å². The van der Waals surface area contributed by atoms with E-state index < -0.39 is 11.0 Å². The van der Waals surface area contributed by atoms with Crippen LogP contribution in [-0.2, 0) is 0 Å². The maximum atomic E-state index is 12.2. The number of nitro benzene ring substituents is 1. The number of nitro groups is 1. The summed E-state index contributed by atoms with van der Waals surface area (Å²) in [6, 6.07) is 7.76. The van der Waals surface area contributed by atoms with Crippen molar-refractivity contribution in [3.8, 4) is 0 Å². The molecular weight excluding hydrogens is 374 g/mol. The van der Waals surface area contributed by atoms with Gasteiger partial charge in [0.2, 0.25) is 5.95 Å². The summed E-state index contributed by atoms with van der Waals surface area (Å²) < 4.78 is 0. The number of hydrogen-bond donors (Lipinski definition) is 3. The number of nitrogens with zero attached hydrogens (tertiary/aromatic N) is 4. The first-order valence-electron chi connectivity index (χ1n) is 9.50. The van der Waals surface area contributed by atoms with Crippen LogP contribution in [0.3, 0.4) is 0 Å². The molecule has 10 nitrogen and oxygen atoms in total. The van der Waals surface area contributed by atoms with Crippen molar-refractivity contribution in [2.45, 2.75) is 37.8 Å². The molecule has 10 heteroatoms. The molecule has 3 N–H and O–H groups in total. The van der Waals surface area contributed by atoms with Gasteiger partial charge in [-0.15, -0.1) is 0 Å². The highest BCUT2D eigenvalue weighted by Crippen LogP contribution is 2.24. The predicted octanol–water partition coefficient (Wildman–Crippen LogP) is 3.00. The SMILES string of the molecule is CN(C)c1ccnc(N[C@H]2CC[C@@H](NC(=O)Nc3ccccc3[N+](=O)[O-])CC2)n1. The molecule has 1 aliphatic carbocycles. The summed E-state index contributed by atoms with van der Waals surface area (Å²) in [5.41, 5.74) is 0.0544. The average Bonchev–Trinajstić information content (AvgIpc) is 2.70. The average molecular weight is 399 g/mol. The van der Waals surface area contributed by atoms with Crippen molar-refractivity contribution in [1.82, 2.24) is 15.3 Å². The van der Waals surface area contributed by atoms with E-state index in [9.17, 15) is 14.9 Å². The Hall–Kier alpha value is -3.43. The van der Waals surface area contributed by atoms with Crippen molar-refractivity contribution < 1.29 is 9.72 Å². The summed E-state index contributed by atoms with van der Waals surface area (Å²) in [5.74, 6) is 1.44. The van der Waals surface area contributed by atoms with Crippen molar-refractivity contribution in [2.24, 2.45) is 0 Å². The van der Waals surface area contributed by atoms with E-state index in [1.165, 1.54) is 12.1 Å². The maximum absolute atomic E-state index is 12.2. The van der Waals surface area contributed by atoms with Crippen LogP contribution in [0.15, 0.2) is 36.5 Å². The first kappa shape index (κ1) is 20.3. The molecule has 1 heterocycles. The Labute approximate surface area is 168 Å². The molecule has 1 aliphatic rings. The van der Waals surface area contributed by atoms with Gasteiger partial charge in [-0.3, -0.25) is 10.1 Å². The van der Waals surface area contributed by atoms with Crippen molar-refractivity contribution in [3.63, 3.8) is 0 Å². The quantitative estimate of drug-likeness (QED) is 0.503. The van der Waals surface area contributed by atoms with E-state index in [1.54, 1.807) is 18.3 Å². The fourth-order valence-electron chi connectivity index (χ4n) is 3.31. The Balaban J connectivity index is 1.48. The Morgan fingerprint density at radius 1 is 1.14 bits per heavy atom. The number of rotatable bonds is 6. The van der Waals surface area contributed by atoms with Crippen LogP contribution in [0.2, 0.25) is 0 Å². The van der Waals surface area contributed by atoms with Gasteiger partial charge in [-0.05, 0) is 37.8 Å². The molecule has 0 radical (unpaired) electrons.